The number of carboxylic acid groups (broad SMARTS) is 1. The van der Waals surface area contributed by atoms with Crippen molar-refractivity contribution in [1.82, 2.24) is 0 Å². The fourth-order valence-corrected chi connectivity index (χ4v) is 2.78. The molecule has 0 aliphatic carbocycles. The van der Waals surface area contributed by atoms with E-state index in [1.54, 1.807) is 13.0 Å². The number of hydrogen-bond donors (Lipinski definition) is 1. The van der Waals surface area contributed by atoms with E-state index in [1.807, 2.05) is 4.90 Å². The number of carbonyl (C=O) groups is 1. The molecule has 1 fully saturated rings. The quantitative estimate of drug-likeness (QED) is 0.685. The summed E-state index contributed by atoms with van der Waals surface area (Å²) < 4.78 is 0. The van der Waals surface area contributed by atoms with E-state index in [1.165, 1.54) is 12.1 Å². The van der Waals surface area contributed by atoms with Crippen LogP contribution in [-0.4, -0.2) is 29.1 Å². The maximum atomic E-state index is 11.3. The Hall–Kier alpha value is -1.82. The van der Waals surface area contributed by atoms with Gasteiger partial charge >= 0.3 is 5.97 Å². The minimum Gasteiger partial charge on any atom is -0.481 e. The highest BCUT2D eigenvalue weighted by Crippen LogP contribution is 2.36. The van der Waals surface area contributed by atoms with Crippen molar-refractivity contribution in [3.8, 4) is 0 Å². The van der Waals surface area contributed by atoms with E-state index in [2.05, 4.69) is 0 Å². The Morgan fingerprint density at radius 3 is 2.80 bits per heavy atom. The van der Waals surface area contributed by atoms with Gasteiger partial charge in [0, 0.05) is 25.2 Å². The first-order valence-corrected chi connectivity index (χ1v) is 6.63. The first-order chi connectivity index (χ1) is 9.33. The smallest absolute Gasteiger partial charge is 0.311 e. The van der Waals surface area contributed by atoms with Crippen molar-refractivity contribution in [2.45, 2.75) is 19.8 Å². The molecule has 0 spiro atoms. The summed E-state index contributed by atoms with van der Waals surface area (Å²) in [7, 11) is 0. The lowest BCUT2D eigenvalue weighted by Gasteiger charge is -2.39. The van der Waals surface area contributed by atoms with Gasteiger partial charge in [0.25, 0.3) is 5.69 Å². The van der Waals surface area contributed by atoms with Crippen LogP contribution in [0, 0.1) is 15.5 Å². The number of carboxylic acids is 1. The molecule has 1 aliphatic heterocycles. The highest BCUT2D eigenvalue weighted by atomic mass is 35.5. The molecule has 1 unspecified atom stereocenters. The van der Waals surface area contributed by atoms with Crippen LogP contribution < -0.4 is 4.90 Å². The van der Waals surface area contributed by atoms with Crippen LogP contribution in [-0.2, 0) is 4.79 Å². The van der Waals surface area contributed by atoms with E-state index in [-0.39, 0.29) is 10.7 Å². The zero-order valence-electron chi connectivity index (χ0n) is 11.0. The summed E-state index contributed by atoms with van der Waals surface area (Å²) in [5.74, 6) is -0.833. The van der Waals surface area contributed by atoms with Gasteiger partial charge < -0.3 is 10.0 Å². The van der Waals surface area contributed by atoms with E-state index in [0.29, 0.717) is 25.2 Å². The Morgan fingerprint density at radius 1 is 1.55 bits per heavy atom. The molecule has 0 aromatic heterocycles. The van der Waals surface area contributed by atoms with Crippen molar-refractivity contribution < 1.29 is 14.8 Å². The van der Waals surface area contributed by atoms with Crippen molar-refractivity contribution >= 4 is 28.9 Å². The minimum absolute atomic E-state index is 0.0724. The summed E-state index contributed by atoms with van der Waals surface area (Å²) in [4.78, 5) is 23.4. The molecule has 7 heteroatoms. The summed E-state index contributed by atoms with van der Waals surface area (Å²) in [6.45, 7) is 2.75. The summed E-state index contributed by atoms with van der Waals surface area (Å²) in [6.07, 6.45) is 1.36. The molecule has 1 N–H and O–H groups in total. The molecule has 1 aliphatic rings. The second-order valence-corrected chi connectivity index (χ2v) is 5.69. The van der Waals surface area contributed by atoms with Crippen LogP contribution >= 0.6 is 11.6 Å². The number of rotatable bonds is 3. The van der Waals surface area contributed by atoms with Crippen LogP contribution in [0.15, 0.2) is 18.2 Å². The molecule has 0 amide bonds. The van der Waals surface area contributed by atoms with Crippen LogP contribution in [0.5, 0.6) is 0 Å². The third kappa shape index (κ3) is 2.70. The van der Waals surface area contributed by atoms with Gasteiger partial charge in [0.1, 0.15) is 0 Å². The first kappa shape index (κ1) is 14.6. The second kappa shape index (κ2) is 5.28. The van der Waals surface area contributed by atoms with Crippen molar-refractivity contribution in [2.75, 3.05) is 18.0 Å². The van der Waals surface area contributed by atoms with Gasteiger partial charge in [0.15, 0.2) is 0 Å². The molecular weight excluding hydrogens is 284 g/mol. The largest absolute Gasteiger partial charge is 0.481 e. The first-order valence-electron chi connectivity index (χ1n) is 6.26. The van der Waals surface area contributed by atoms with Crippen molar-refractivity contribution in [3.05, 3.63) is 33.3 Å². The summed E-state index contributed by atoms with van der Waals surface area (Å²) in [5, 5.41) is 20.3. The Kier molecular flexibility index (Phi) is 3.85. The van der Waals surface area contributed by atoms with Gasteiger partial charge in [-0.3, -0.25) is 14.9 Å². The van der Waals surface area contributed by atoms with Gasteiger partial charge in [-0.15, -0.1) is 0 Å². The van der Waals surface area contributed by atoms with Crippen LogP contribution in [0.1, 0.15) is 19.8 Å². The predicted octanol–water partition coefficient (Wildman–Crippen LogP) is 2.94. The van der Waals surface area contributed by atoms with Gasteiger partial charge in [-0.2, -0.15) is 0 Å². The molecule has 1 aromatic rings. The van der Waals surface area contributed by atoms with E-state index >= 15 is 0 Å². The number of hydrogen-bond acceptors (Lipinski definition) is 4. The monoisotopic (exact) mass is 298 g/mol. The Balaban J connectivity index is 2.28. The van der Waals surface area contributed by atoms with Crippen molar-refractivity contribution in [3.63, 3.8) is 0 Å². The zero-order chi connectivity index (χ0) is 14.9. The van der Waals surface area contributed by atoms with Gasteiger partial charge in [-0.25, -0.2) is 0 Å². The normalized spacial score (nSPS) is 22.6. The maximum Gasteiger partial charge on any atom is 0.311 e. The number of benzene rings is 1. The molecule has 20 heavy (non-hydrogen) atoms. The summed E-state index contributed by atoms with van der Waals surface area (Å²) >= 11 is 6.09. The molecule has 108 valence electrons. The molecule has 0 radical (unpaired) electrons. The molecule has 1 atom stereocenters. The van der Waals surface area contributed by atoms with Crippen molar-refractivity contribution in [2.24, 2.45) is 5.41 Å². The molecule has 0 saturated carbocycles. The van der Waals surface area contributed by atoms with Gasteiger partial charge in [0.2, 0.25) is 0 Å². The average molecular weight is 299 g/mol. The SMILES string of the molecule is CC1(C(=O)O)CCCN(c2ccc([N+](=O)[O-])cc2Cl)C1. The number of non-ortho nitro benzene ring substituents is 1. The third-order valence-electron chi connectivity index (χ3n) is 3.70. The van der Waals surface area contributed by atoms with Gasteiger partial charge in [-0.05, 0) is 25.8 Å². The molecule has 2 rings (SSSR count). The minimum atomic E-state index is -0.833. The standard InChI is InChI=1S/C13H15ClN2O4/c1-13(12(17)18)5-2-6-15(8-13)11-4-3-9(16(19)20)7-10(11)14/h3-4,7H,2,5-6,8H2,1H3,(H,17,18). The molecule has 1 aromatic carbocycles. The Morgan fingerprint density at radius 2 is 2.25 bits per heavy atom. The summed E-state index contributed by atoms with van der Waals surface area (Å²) in [6, 6.07) is 4.26. The van der Waals surface area contributed by atoms with Crippen LogP contribution in [0.25, 0.3) is 0 Å². The topological polar surface area (TPSA) is 83.7 Å². The highest BCUT2D eigenvalue weighted by Gasteiger charge is 2.38. The fourth-order valence-electron chi connectivity index (χ4n) is 2.49. The lowest BCUT2D eigenvalue weighted by molar-refractivity contribution is -0.384. The van der Waals surface area contributed by atoms with E-state index in [0.717, 1.165) is 6.42 Å². The average Bonchev–Trinajstić information content (AvgIpc) is 2.38. The predicted molar refractivity (Wildman–Crippen MR) is 75.3 cm³/mol. The number of piperidine rings is 1. The number of anilines is 1. The number of nitrogens with zero attached hydrogens (tertiary/aromatic N) is 2. The van der Waals surface area contributed by atoms with Gasteiger partial charge in [0.05, 0.1) is 21.0 Å². The van der Waals surface area contributed by atoms with Crippen LogP contribution in [0.3, 0.4) is 0 Å². The van der Waals surface area contributed by atoms with Crippen LogP contribution in [0.2, 0.25) is 5.02 Å². The lowest BCUT2D eigenvalue weighted by Crippen LogP contribution is -2.46. The van der Waals surface area contributed by atoms with E-state index in [4.69, 9.17) is 11.6 Å². The molecule has 1 saturated heterocycles. The van der Waals surface area contributed by atoms with Gasteiger partial charge in [-0.1, -0.05) is 11.6 Å². The lowest BCUT2D eigenvalue weighted by atomic mass is 9.82. The number of nitro groups is 1. The number of halogens is 1. The summed E-state index contributed by atoms with van der Waals surface area (Å²) in [5.41, 5.74) is -0.246. The van der Waals surface area contributed by atoms with E-state index in [9.17, 15) is 20.0 Å². The molecule has 1 heterocycles. The van der Waals surface area contributed by atoms with Crippen molar-refractivity contribution in [1.29, 1.82) is 0 Å². The molecule has 6 nitrogen and oxygen atoms in total. The highest BCUT2D eigenvalue weighted by molar-refractivity contribution is 6.33. The Labute approximate surface area is 121 Å². The molecule has 0 bridgehead atoms. The maximum absolute atomic E-state index is 11.3. The molecular formula is C13H15ClN2O4. The third-order valence-corrected chi connectivity index (χ3v) is 4.00. The van der Waals surface area contributed by atoms with Crippen LogP contribution in [0.4, 0.5) is 11.4 Å². The Bertz CT molecular complexity index is 563. The number of nitro benzene ring substituents is 1. The zero-order valence-corrected chi connectivity index (χ0v) is 11.8. The second-order valence-electron chi connectivity index (χ2n) is 5.28. The number of aliphatic carboxylic acids is 1. The van der Waals surface area contributed by atoms with E-state index < -0.39 is 16.3 Å². The fraction of sp³-hybridized carbons (Fsp3) is 0.462.